The molecule has 1 aromatic carbocycles. The molecule has 0 bridgehead atoms. The molecule has 18 heavy (non-hydrogen) atoms. The van der Waals surface area contributed by atoms with Crippen LogP contribution in [0.4, 0.5) is 0 Å². The second kappa shape index (κ2) is 5.98. The van der Waals surface area contributed by atoms with Gasteiger partial charge in [0.2, 0.25) is 0 Å². The molecule has 96 valence electrons. The van der Waals surface area contributed by atoms with Gasteiger partial charge in [-0.15, -0.1) is 0 Å². The molecule has 0 atom stereocenters. The summed E-state index contributed by atoms with van der Waals surface area (Å²) in [6.45, 7) is 5.53. The average Bonchev–Trinajstić information content (AvgIpc) is 2.77. The van der Waals surface area contributed by atoms with E-state index >= 15 is 0 Å². The molecule has 2 aromatic rings. The summed E-state index contributed by atoms with van der Waals surface area (Å²) in [4.78, 5) is 4.26. The molecule has 4 nitrogen and oxygen atoms in total. The lowest BCUT2D eigenvalue weighted by Crippen LogP contribution is -2.22. The van der Waals surface area contributed by atoms with Gasteiger partial charge in [0, 0.05) is 11.1 Å². The van der Waals surface area contributed by atoms with Gasteiger partial charge in [0.25, 0.3) is 0 Å². The van der Waals surface area contributed by atoms with Gasteiger partial charge < -0.3 is 5.32 Å². The van der Waals surface area contributed by atoms with Crippen LogP contribution in [0.15, 0.2) is 30.6 Å². The minimum absolute atomic E-state index is 0.431. The third-order valence-electron chi connectivity index (χ3n) is 2.54. The fourth-order valence-electron chi connectivity index (χ4n) is 1.59. The highest BCUT2D eigenvalue weighted by molar-refractivity contribution is 6.31. The highest BCUT2D eigenvalue weighted by Gasteiger charge is 2.04. The minimum atomic E-state index is 0.431. The molecule has 0 aliphatic rings. The van der Waals surface area contributed by atoms with Gasteiger partial charge in [0.05, 0.1) is 13.1 Å². The summed E-state index contributed by atoms with van der Waals surface area (Å²) in [5.74, 6) is 0.802. The van der Waals surface area contributed by atoms with E-state index < -0.39 is 0 Å². The van der Waals surface area contributed by atoms with E-state index in [4.69, 9.17) is 11.6 Å². The molecule has 5 heteroatoms. The molecule has 0 saturated carbocycles. The van der Waals surface area contributed by atoms with Crippen LogP contribution in [0.2, 0.25) is 5.02 Å². The predicted octanol–water partition coefficient (Wildman–Crippen LogP) is 2.48. The van der Waals surface area contributed by atoms with Crippen LogP contribution >= 0.6 is 11.6 Å². The topological polar surface area (TPSA) is 42.7 Å². The number of benzene rings is 1. The monoisotopic (exact) mass is 264 g/mol. The molecular formula is C13H17ClN4. The summed E-state index contributed by atoms with van der Waals surface area (Å²) in [5, 5.41) is 8.45. The fraction of sp³-hybridized carbons (Fsp3) is 0.385. The van der Waals surface area contributed by atoms with E-state index in [9.17, 15) is 0 Å². The van der Waals surface area contributed by atoms with E-state index in [0.29, 0.717) is 19.1 Å². The Hall–Kier alpha value is -1.39. The number of halogens is 1. The van der Waals surface area contributed by atoms with E-state index in [1.807, 2.05) is 24.3 Å². The zero-order valence-corrected chi connectivity index (χ0v) is 11.4. The van der Waals surface area contributed by atoms with Crippen molar-refractivity contribution in [2.45, 2.75) is 33.0 Å². The molecule has 0 aliphatic heterocycles. The molecule has 1 N–H and O–H groups in total. The van der Waals surface area contributed by atoms with Crippen molar-refractivity contribution in [2.75, 3.05) is 0 Å². The Balaban J connectivity index is 2.00. The zero-order chi connectivity index (χ0) is 13.0. The van der Waals surface area contributed by atoms with Crippen molar-refractivity contribution in [1.29, 1.82) is 0 Å². The number of aromatic nitrogens is 3. The quantitative estimate of drug-likeness (QED) is 0.902. The highest BCUT2D eigenvalue weighted by atomic mass is 35.5. The van der Waals surface area contributed by atoms with Gasteiger partial charge in [0.1, 0.15) is 6.33 Å². The predicted molar refractivity (Wildman–Crippen MR) is 72.6 cm³/mol. The second-order valence-electron chi connectivity index (χ2n) is 4.49. The first kappa shape index (κ1) is 13.1. The summed E-state index contributed by atoms with van der Waals surface area (Å²) < 4.78 is 1.80. The minimum Gasteiger partial charge on any atom is -0.308 e. The normalized spacial score (nSPS) is 11.1. The van der Waals surface area contributed by atoms with Crippen molar-refractivity contribution in [3.8, 4) is 0 Å². The maximum atomic E-state index is 6.11. The molecule has 0 saturated heterocycles. The van der Waals surface area contributed by atoms with Crippen LogP contribution in [-0.4, -0.2) is 20.8 Å². The first-order chi connectivity index (χ1) is 8.65. The van der Waals surface area contributed by atoms with Crippen LogP contribution in [-0.2, 0) is 13.1 Å². The first-order valence-electron chi connectivity index (χ1n) is 6.00. The largest absolute Gasteiger partial charge is 0.308 e. The second-order valence-corrected chi connectivity index (χ2v) is 4.89. The van der Waals surface area contributed by atoms with Crippen molar-refractivity contribution < 1.29 is 0 Å². The van der Waals surface area contributed by atoms with Gasteiger partial charge in [-0.3, -0.25) is 0 Å². The van der Waals surface area contributed by atoms with Crippen molar-refractivity contribution >= 4 is 11.6 Å². The van der Waals surface area contributed by atoms with Crippen LogP contribution in [0.1, 0.15) is 25.2 Å². The molecule has 2 rings (SSSR count). The maximum Gasteiger partial charge on any atom is 0.164 e. The smallest absolute Gasteiger partial charge is 0.164 e. The molecule has 1 heterocycles. The molecule has 0 aliphatic carbocycles. The van der Waals surface area contributed by atoms with Gasteiger partial charge in [-0.2, -0.15) is 5.10 Å². The number of nitrogens with one attached hydrogen (secondary N) is 1. The van der Waals surface area contributed by atoms with E-state index in [-0.39, 0.29) is 0 Å². The van der Waals surface area contributed by atoms with E-state index in [1.54, 1.807) is 11.0 Å². The summed E-state index contributed by atoms with van der Waals surface area (Å²) in [6.07, 6.45) is 1.74. The lowest BCUT2D eigenvalue weighted by Gasteiger charge is -2.05. The maximum absolute atomic E-state index is 6.11. The fourth-order valence-corrected chi connectivity index (χ4v) is 1.78. The van der Waals surface area contributed by atoms with Gasteiger partial charge in [-0.05, 0) is 11.6 Å². The Morgan fingerprint density at radius 2 is 2.11 bits per heavy atom. The Morgan fingerprint density at radius 1 is 1.33 bits per heavy atom. The highest BCUT2D eigenvalue weighted by Crippen LogP contribution is 2.15. The van der Waals surface area contributed by atoms with Crippen LogP contribution in [0.5, 0.6) is 0 Å². The summed E-state index contributed by atoms with van der Waals surface area (Å²) >= 11 is 6.11. The first-order valence-corrected chi connectivity index (χ1v) is 6.38. The number of hydrogen-bond acceptors (Lipinski definition) is 3. The van der Waals surface area contributed by atoms with Crippen LogP contribution in [0, 0.1) is 0 Å². The van der Waals surface area contributed by atoms with Gasteiger partial charge >= 0.3 is 0 Å². The molecular weight excluding hydrogens is 248 g/mol. The zero-order valence-electron chi connectivity index (χ0n) is 10.6. The van der Waals surface area contributed by atoms with Crippen molar-refractivity contribution in [3.63, 3.8) is 0 Å². The van der Waals surface area contributed by atoms with E-state index in [1.165, 1.54) is 0 Å². The lowest BCUT2D eigenvalue weighted by atomic mass is 10.2. The third-order valence-corrected chi connectivity index (χ3v) is 2.91. The Kier molecular flexibility index (Phi) is 4.33. The molecule has 0 amide bonds. The van der Waals surface area contributed by atoms with Crippen LogP contribution in [0.25, 0.3) is 0 Å². The van der Waals surface area contributed by atoms with Crippen LogP contribution < -0.4 is 5.32 Å². The molecule has 0 unspecified atom stereocenters. The molecule has 0 spiro atoms. The van der Waals surface area contributed by atoms with Crippen molar-refractivity contribution in [2.24, 2.45) is 0 Å². The Labute approximate surface area is 112 Å². The summed E-state index contributed by atoms with van der Waals surface area (Å²) in [5.41, 5.74) is 1.05. The number of nitrogens with zero attached hydrogens (tertiary/aromatic N) is 3. The Bertz CT molecular complexity index is 507. The van der Waals surface area contributed by atoms with Gasteiger partial charge in [0.15, 0.2) is 5.82 Å². The number of rotatable bonds is 5. The molecule has 1 aromatic heterocycles. The van der Waals surface area contributed by atoms with E-state index in [0.717, 1.165) is 16.4 Å². The summed E-state index contributed by atoms with van der Waals surface area (Å²) in [6, 6.07) is 8.20. The van der Waals surface area contributed by atoms with Gasteiger partial charge in [-0.25, -0.2) is 9.67 Å². The van der Waals surface area contributed by atoms with Crippen molar-refractivity contribution in [3.05, 3.63) is 47.0 Å². The Morgan fingerprint density at radius 3 is 2.83 bits per heavy atom. The van der Waals surface area contributed by atoms with Crippen molar-refractivity contribution in [1.82, 2.24) is 20.1 Å². The average molecular weight is 265 g/mol. The van der Waals surface area contributed by atoms with E-state index in [2.05, 4.69) is 29.2 Å². The number of hydrogen-bond donors (Lipinski definition) is 1. The van der Waals surface area contributed by atoms with Crippen LogP contribution in [0.3, 0.4) is 0 Å². The SMILES string of the molecule is CC(C)NCc1ncn(Cc2ccccc2Cl)n1. The lowest BCUT2D eigenvalue weighted by molar-refractivity contribution is 0.565. The summed E-state index contributed by atoms with van der Waals surface area (Å²) in [7, 11) is 0. The van der Waals surface area contributed by atoms with Gasteiger partial charge in [-0.1, -0.05) is 43.6 Å². The molecule has 0 fully saturated rings. The standard InChI is InChI=1S/C13H17ClN4/c1-10(2)15-7-13-16-9-18(17-13)8-11-5-3-4-6-12(11)14/h3-6,9-10,15H,7-8H2,1-2H3. The third kappa shape index (κ3) is 3.55. The molecule has 0 radical (unpaired) electrons.